The van der Waals surface area contributed by atoms with Crippen molar-refractivity contribution in [3.05, 3.63) is 75.4 Å². The number of para-hydroxylation sites is 1. The van der Waals surface area contributed by atoms with E-state index < -0.39 is 5.63 Å². The van der Waals surface area contributed by atoms with E-state index in [4.69, 9.17) is 4.42 Å². The molecule has 0 spiro atoms. The van der Waals surface area contributed by atoms with E-state index >= 15 is 0 Å². The SMILES string of the molecule is O=c1oc2ccccc2c2c1c(O)c(Sc1ccccc1)c(=O)n2C1CC1. The number of hydrogen-bond acceptors (Lipinski definition) is 5. The number of aromatic hydroxyl groups is 1. The average molecular weight is 377 g/mol. The van der Waals surface area contributed by atoms with Crippen molar-refractivity contribution in [1.82, 2.24) is 4.57 Å². The Morgan fingerprint density at radius 3 is 2.44 bits per heavy atom. The van der Waals surface area contributed by atoms with E-state index in [1.165, 1.54) is 11.8 Å². The minimum absolute atomic E-state index is 0.0425. The first kappa shape index (κ1) is 16.2. The molecule has 1 N–H and O–H groups in total. The zero-order chi connectivity index (χ0) is 18.5. The van der Waals surface area contributed by atoms with Crippen LogP contribution in [0, 0.1) is 0 Å². The first-order chi connectivity index (χ1) is 13.1. The minimum atomic E-state index is -0.634. The third-order valence-corrected chi connectivity index (χ3v) is 5.85. The molecule has 0 unspecified atom stereocenters. The van der Waals surface area contributed by atoms with Crippen LogP contribution in [0.4, 0.5) is 0 Å². The molecule has 1 fully saturated rings. The number of fused-ring (bicyclic) bond motifs is 3. The second-order valence-electron chi connectivity index (χ2n) is 6.61. The summed E-state index contributed by atoms with van der Waals surface area (Å²) < 4.78 is 7.08. The quantitative estimate of drug-likeness (QED) is 0.426. The Hall–Kier alpha value is -2.99. The standard InChI is InChI=1S/C21H15NO4S/c23-18-16-17(14-8-4-5-9-15(14)26-21(16)25)22(12-10-11-12)20(24)19(18)27-13-6-2-1-3-7-13/h1-9,12,23H,10-11H2. The summed E-state index contributed by atoms with van der Waals surface area (Å²) in [6.45, 7) is 0. The summed E-state index contributed by atoms with van der Waals surface area (Å²) in [7, 11) is 0. The molecular formula is C21H15NO4S. The molecule has 4 aromatic rings. The Labute approximate surface area is 157 Å². The molecule has 0 atom stereocenters. The van der Waals surface area contributed by atoms with Gasteiger partial charge in [0.25, 0.3) is 5.56 Å². The van der Waals surface area contributed by atoms with Crippen LogP contribution in [-0.2, 0) is 0 Å². The van der Waals surface area contributed by atoms with E-state index in [1.807, 2.05) is 42.5 Å². The first-order valence-corrected chi connectivity index (χ1v) is 9.52. The van der Waals surface area contributed by atoms with Crippen LogP contribution in [0.1, 0.15) is 18.9 Å². The van der Waals surface area contributed by atoms with Gasteiger partial charge in [-0.2, -0.15) is 0 Å². The van der Waals surface area contributed by atoms with Crippen LogP contribution in [-0.4, -0.2) is 9.67 Å². The molecule has 5 nitrogen and oxygen atoms in total. The Kier molecular flexibility index (Phi) is 3.62. The fourth-order valence-electron chi connectivity index (χ4n) is 3.40. The maximum atomic E-state index is 13.3. The highest BCUT2D eigenvalue weighted by molar-refractivity contribution is 7.99. The molecule has 6 heteroatoms. The molecule has 0 bridgehead atoms. The molecule has 1 aliphatic rings. The molecule has 2 heterocycles. The van der Waals surface area contributed by atoms with Gasteiger partial charge in [-0.1, -0.05) is 42.1 Å². The molecule has 0 aliphatic heterocycles. The van der Waals surface area contributed by atoms with Crippen LogP contribution in [0.25, 0.3) is 21.9 Å². The van der Waals surface area contributed by atoms with Gasteiger partial charge in [0.15, 0.2) is 5.75 Å². The fourth-order valence-corrected chi connectivity index (χ4v) is 4.31. The number of benzene rings is 2. The van der Waals surface area contributed by atoms with Crippen LogP contribution >= 0.6 is 11.8 Å². The van der Waals surface area contributed by atoms with Crippen LogP contribution in [0.3, 0.4) is 0 Å². The van der Waals surface area contributed by atoms with Gasteiger partial charge in [0.05, 0.1) is 5.52 Å². The van der Waals surface area contributed by atoms with Gasteiger partial charge in [-0.25, -0.2) is 4.79 Å². The minimum Gasteiger partial charge on any atom is -0.506 e. The van der Waals surface area contributed by atoms with Crippen molar-refractivity contribution in [3.8, 4) is 5.75 Å². The summed E-state index contributed by atoms with van der Waals surface area (Å²) in [5, 5.41) is 11.6. The largest absolute Gasteiger partial charge is 0.506 e. The summed E-state index contributed by atoms with van der Waals surface area (Å²) in [6.07, 6.45) is 1.76. The van der Waals surface area contributed by atoms with Crippen LogP contribution < -0.4 is 11.2 Å². The molecule has 27 heavy (non-hydrogen) atoms. The Bertz CT molecular complexity index is 1300. The van der Waals surface area contributed by atoms with Crippen molar-refractivity contribution < 1.29 is 9.52 Å². The molecule has 1 aliphatic carbocycles. The van der Waals surface area contributed by atoms with Crippen molar-refractivity contribution in [2.75, 3.05) is 0 Å². The molecule has 0 radical (unpaired) electrons. The number of pyridine rings is 1. The summed E-state index contributed by atoms with van der Waals surface area (Å²) in [5.41, 5.74) is -0.0338. The number of hydrogen-bond donors (Lipinski definition) is 1. The predicted octanol–water partition coefficient (Wildman–Crippen LogP) is 4.30. The van der Waals surface area contributed by atoms with Crippen LogP contribution in [0.2, 0.25) is 0 Å². The van der Waals surface area contributed by atoms with Gasteiger partial charge < -0.3 is 14.1 Å². The van der Waals surface area contributed by atoms with Gasteiger partial charge in [0.2, 0.25) is 0 Å². The van der Waals surface area contributed by atoms with Crippen molar-refractivity contribution in [2.45, 2.75) is 28.7 Å². The summed E-state index contributed by atoms with van der Waals surface area (Å²) in [6, 6.07) is 16.5. The monoisotopic (exact) mass is 377 g/mol. The zero-order valence-electron chi connectivity index (χ0n) is 14.2. The highest BCUT2D eigenvalue weighted by Gasteiger charge is 2.31. The Morgan fingerprint density at radius 2 is 1.70 bits per heavy atom. The van der Waals surface area contributed by atoms with Crippen LogP contribution in [0.15, 0.2) is 78.4 Å². The Balaban J connectivity index is 1.92. The number of aromatic nitrogens is 1. The molecule has 1 saturated carbocycles. The highest BCUT2D eigenvalue weighted by Crippen LogP contribution is 2.42. The van der Waals surface area contributed by atoms with Crippen molar-refractivity contribution >= 4 is 33.6 Å². The maximum Gasteiger partial charge on any atom is 0.349 e. The third-order valence-electron chi connectivity index (χ3n) is 4.77. The lowest BCUT2D eigenvalue weighted by Gasteiger charge is -2.15. The molecule has 0 saturated heterocycles. The van der Waals surface area contributed by atoms with E-state index in [0.717, 1.165) is 17.7 Å². The molecule has 2 aromatic heterocycles. The van der Waals surface area contributed by atoms with Gasteiger partial charge in [-0.3, -0.25) is 4.79 Å². The van der Waals surface area contributed by atoms with Gasteiger partial charge in [0, 0.05) is 16.3 Å². The van der Waals surface area contributed by atoms with E-state index in [9.17, 15) is 14.7 Å². The molecule has 0 amide bonds. The zero-order valence-corrected chi connectivity index (χ0v) is 15.0. The molecular weight excluding hydrogens is 362 g/mol. The lowest BCUT2D eigenvalue weighted by atomic mass is 10.1. The summed E-state index contributed by atoms with van der Waals surface area (Å²) in [5.74, 6) is -0.305. The average Bonchev–Trinajstić information content (AvgIpc) is 3.51. The third kappa shape index (κ3) is 2.56. The summed E-state index contributed by atoms with van der Waals surface area (Å²) >= 11 is 1.17. The second-order valence-corrected chi connectivity index (χ2v) is 7.69. The van der Waals surface area contributed by atoms with Crippen molar-refractivity contribution in [1.29, 1.82) is 0 Å². The lowest BCUT2D eigenvalue weighted by Crippen LogP contribution is -2.23. The second kappa shape index (κ2) is 6.03. The lowest BCUT2D eigenvalue weighted by molar-refractivity contribution is 0.460. The normalized spacial score (nSPS) is 14.1. The van der Waals surface area contributed by atoms with Gasteiger partial charge >= 0.3 is 5.63 Å². The number of nitrogens with zero attached hydrogens (tertiary/aromatic N) is 1. The summed E-state index contributed by atoms with van der Waals surface area (Å²) in [4.78, 5) is 26.9. The topological polar surface area (TPSA) is 72.4 Å². The predicted molar refractivity (Wildman–Crippen MR) is 105 cm³/mol. The fraction of sp³-hybridized carbons (Fsp3) is 0.143. The molecule has 5 rings (SSSR count). The Morgan fingerprint density at radius 1 is 1.00 bits per heavy atom. The van der Waals surface area contributed by atoms with E-state index in [-0.39, 0.29) is 27.6 Å². The van der Waals surface area contributed by atoms with E-state index in [1.54, 1.807) is 16.7 Å². The van der Waals surface area contributed by atoms with Crippen molar-refractivity contribution in [2.24, 2.45) is 0 Å². The smallest absolute Gasteiger partial charge is 0.349 e. The van der Waals surface area contributed by atoms with Gasteiger partial charge in [-0.05, 0) is 37.1 Å². The van der Waals surface area contributed by atoms with Crippen molar-refractivity contribution in [3.63, 3.8) is 0 Å². The number of rotatable bonds is 3. The molecule has 2 aromatic carbocycles. The highest BCUT2D eigenvalue weighted by atomic mass is 32.2. The van der Waals surface area contributed by atoms with Gasteiger partial charge in [-0.15, -0.1) is 0 Å². The first-order valence-electron chi connectivity index (χ1n) is 8.71. The maximum absolute atomic E-state index is 13.3. The van der Waals surface area contributed by atoms with E-state index in [2.05, 4.69) is 0 Å². The van der Waals surface area contributed by atoms with Gasteiger partial charge in [0.1, 0.15) is 15.9 Å². The molecule has 134 valence electrons. The van der Waals surface area contributed by atoms with Crippen LogP contribution in [0.5, 0.6) is 5.75 Å². The van der Waals surface area contributed by atoms with E-state index in [0.29, 0.717) is 16.5 Å².